The van der Waals surface area contributed by atoms with Crippen LogP contribution in [0.3, 0.4) is 0 Å². The summed E-state index contributed by atoms with van der Waals surface area (Å²) in [6, 6.07) is 18.1. The Bertz CT molecular complexity index is 811. The van der Waals surface area contributed by atoms with E-state index < -0.39 is 0 Å². The van der Waals surface area contributed by atoms with Gasteiger partial charge in [-0.1, -0.05) is 35.5 Å². The van der Waals surface area contributed by atoms with E-state index in [-0.39, 0.29) is 0 Å². The van der Waals surface area contributed by atoms with Crippen LogP contribution in [0.5, 0.6) is 11.5 Å². The average Bonchev–Trinajstić information content (AvgIpc) is 2.97. The molecule has 116 valence electrons. The number of fused-ring (bicyclic) bond motifs is 1. The minimum Gasteiger partial charge on any atom is -0.457 e. The van der Waals surface area contributed by atoms with E-state index in [2.05, 4.69) is 17.3 Å². The van der Waals surface area contributed by atoms with Crippen molar-refractivity contribution in [2.75, 3.05) is 5.73 Å². The van der Waals surface area contributed by atoms with Crippen LogP contribution in [0, 0.1) is 0 Å². The number of benzene rings is 2. The predicted octanol–water partition coefficient (Wildman–Crippen LogP) is 4.32. The molecule has 0 amide bonds. The highest BCUT2D eigenvalue weighted by Gasteiger charge is 2.25. The van der Waals surface area contributed by atoms with E-state index in [1.54, 1.807) is 0 Å². The zero-order valence-corrected chi connectivity index (χ0v) is 12.7. The molecule has 4 nitrogen and oxygen atoms in total. The zero-order valence-electron chi connectivity index (χ0n) is 12.7. The summed E-state index contributed by atoms with van der Waals surface area (Å²) < 4.78 is 11.0. The predicted molar refractivity (Wildman–Crippen MR) is 88.6 cm³/mol. The number of nitrogens with zero attached hydrogens (tertiary/aromatic N) is 1. The van der Waals surface area contributed by atoms with Crippen LogP contribution in [-0.2, 0) is 12.8 Å². The third kappa shape index (κ3) is 2.80. The fourth-order valence-electron chi connectivity index (χ4n) is 3.18. The largest absolute Gasteiger partial charge is 0.457 e. The van der Waals surface area contributed by atoms with Crippen molar-refractivity contribution in [1.29, 1.82) is 0 Å². The summed E-state index contributed by atoms with van der Waals surface area (Å²) in [6.45, 7) is 0. The van der Waals surface area contributed by atoms with Gasteiger partial charge >= 0.3 is 0 Å². The third-order valence-corrected chi connectivity index (χ3v) is 4.39. The second-order valence-electron chi connectivity index (χ2n) is 5.90. The summed E-state index contributed by atoms with van der Waals surface area (Å²) >= 11 is 0. The van der Waals surface area contributed by atoms with Crippen LogP contribution < -0.4 is 10.5 Å². The van der Waals surface area contributed by atoms with Crippen molar-refractivity contribution in [1.82, 2.24) is 5.16 Å². The Labute approximate surface area is 134 Å². The lowest BCUT2D eigenvalue weighted by molar-refractivity contribution is 0.424. The molecule has 0 fully saturated rings. The normalized spacial score (nSPS) is 16.8. The first-order valence-corrected chi connectivity index (χ1v) is 7.85. The van der Waals surface area contributed by atoms with Gasteiger partial charge in [0.2, 0.25) is 5.88 Å². The van der Waals surface area contributed by atoms with Gasteiger partial charge in [0, 0.05) is 12.0 Å². The molecule has 0 bridgehead atoms. The van der Waals surface area contributed by atoms with E-state index >= 15 is 0 Å². The molecule has 2 aromatic carbocycles. The number of nitrogen functional groups attached to an aromatic ring is 1. The molecule has 0 aliphatic heterocycles. The Morgan fingerprint density at radius 1 is 1.04 bits per heavy atom. The van der Waals surface area contributed by atoms with Gasteiger partial charge < -0.3 is 15.0 Å². The van der Waals surface area contributed by atoms with Crippen molar-refractivity contribution in [3.05, 3.63) is 71.4 Å². The molecule has 1 heterocycles. The van der Waals surface area contributed by atoms with Gasteiger partial charge in [0.05, 0.1) is 5.69 Å². The molecule has 1 unspecified atom stereocenters. The summed E-state index contributed by atoms with van der Waals surface area (Å²) in [4.78, 5) is 0. The first kappa shape index (κ1) is 13.9. The van der Waals surface area contributed by atoms with Crippen LogP contribution in [0.15, 0.2) is 59.1 Å². The van der Waals surface area contributed by atoms with E-state index in [4.69, 9.17) is 15.0 Å². The molecule has 0 radical (unpaired) electrons. The summed E-state index contributed by atoms with van der Waals surface area (Å²) in [5, 5.41) is 4.09. The van der Waals surface area contributed by atoms with Crippen molar-refractivity contribution >= 4 is 5.88 Å². The van der Waals surface area contributed by atoms with E-state index in [0.717, 1.165) is 42.0 Å². The number of aromatic nitrogens is 1. The molecule has 0 saturated heterocycles. The fourth-order valence-corrected chi connectivity index (χ4v) is 3.18. The standard InChI is InChI=1S/C19H18N2O2/c20-19-17-10-9-14(12-18(17)21-23-19)13-5-4-8-16(11-13)22-15-6-2-1-3-7-15/h1-8,11,14H,9-10,12,20H2. The van der Waals surface area contributed by atoms with Crippen LogP contribution in [0.4, 0.5) is 5.88 Å². The molecule has 0 spiro atoms. The van der Waals surface area contributed by atoms with Gasteiger partial charge in [-0.3, -0.25) is 0 Å². The topological polar surface area (TPSA) is 61.3 Å². The monoisotopic (exact) mass is 306 g/mol. The van der Waals surface area contributed by atoms with E-state index in [0.29, 0.717) is 11.8 Å². The smallest absolute Gasteiger partial charge is 0.225 e. The molecule has 2 N–H and O–H groups in total. The third-order valence-electron chi connectivity index (χ3n) is 4.39. The highest BCUT2D eigenvalue weighted by molar-refractivity contribution is 5.43. The highest BCUT2D eigenvalue weighted by Crippen LogP contribution is 2.36. The summed E-state index contributed by atoms with van der Waals surface area (Å²) in [7, 11) is 0. The number of hydrogen-bond acceptors (Lipinski definition) is 4. The van der Waals surface area contributed by atoms with Gasteiger partial charge in [-0.15, -0.1) is 0 Å². The van der Waals surface area contributed by atoms with Crippen LogP contribution in [0.2, 0.25) is 0 Å². The molecule has 1 aromatic heterocycles. The maximum Gasteiger partial charge on any atom is 0.225 e. The minimum absolute atomic E-state index is 0.423. The van der Waals surface area contributed by atoms with Crippen molar-refractivity contribution in [2.24, 2.45) is 0 Å². The molecule has 4 heteroatoms. The van der Waals surface area contributed by atoms with Gasteiger partial charge in [0.1, 0.15) is 11.5 Å². The van der Waals surface area contributed by atoms with E-state index in [1.807, 2.05) is 42.5 Å². The van der Waals surface area contributed by atoms with E-state index in [9.17, 15) is 0 Å². The molecular weight excluding hydrogens is 288 g/mol. The second kappa shape index (κ2) is 5.80. The highest BCUT2D eigenvalue weighted by atomic mass is 16.5. The Morgan fingerprint density at radius 2 is 1.87 bits per heavy atom. The lowest BCUT2D eigenvalue weighted by Crippen LogP contribution is -2.12. The molecule has 1 aliphatic rings. The van der Waals surface area contributed by atoms with Gasteiger partial charge in [-0.25, -0.2) is 0 Å². The fraction of sp³-hybridized carbons (Fsp3) is 0.211. The van der Waals surface area contributed by atoms with Crippen molar-refractivity contribution in [3.63, 3.8) is 0 Å². The SMILES string of the molecule is Nc1onc2c1CCC(c1cccc(Oc3ccccc3)c1)C2. The first-order chi connectivity index (χ1) is 11.3. The molecule has 1 aliphatic carbocycles. The maximum atomic E-state index is 5.93. The lowest BCUT2D eigenvalue weighted by atomic mass is 9.83. The van der Waals surface area contributed by atoms with Crippen LogP contribution >= 0.6 is 0 Å². The zero-order chi connectivity index (χ0) is 15.6. The van der Waals surface area contributed by atoms with Crippen molar-refractivity contribution in [3.8, 4) is 11.5 Å². The van der Waals surface area contributed by atoms with Gasteiger partial charge in [0.15, 0.2) is 0 Å². The Morgan fingerprint density at radius 3 is 2.74 bits per heavy atom. The number of hydrogen-bond donors (Lipinski definition) is 1. The molecule has 4 rings (SSSR count). The van der Waals surface area contributed by atoms with Crippen LogP contribution in [-0.4, -0.2) is 5.16 Å². The molecular formula is C19H18N2O2. The minimum atomic E-state index is 0.423. The summed E-state index contributed by atoms with van der Waals surface area (Å²) in [5.74, 6) is 2.60. The number of nitrogens with two attached hydrogens (primary N) is 1. The number of anilines is 1. The average molecular weight is 306 g/mol. The van der Waals surface area contributed by atoms with Crippen LogP contribution in [0.1, 0.15) is 29.2 Å². The molecule has 0 saturated carbocycles. The van der Waals surface area contributed by atoms with E-state index in [1.165, 1.54) is 5.56 Å². The maximum absolute atomic E-state index is 5.93. The molecule has 3 aromatic rings. The number of ether oxygens (including phenoxy) is 1. The van der Waals surface area contributed by atoms with Crippen molar-refractivity contribution in [2.45, 2.75) is 25.2 Å². The first-order valence-electron chi connectivity index (χ1n) is 7.85. The van der Waals surface area contributed by atoms with Crippen molar-refractivity contribution < 1.29 is 9.26 Å². The van der Waals surface area contributed by atoms with Gasteiger partial charge in [-0.05, 0) is 48.6 Å². The second-order valence-corrected chi connectivity index (χ2v) is 5.90. The van der Waals surface area contributed by atoms with Crippen LogP contribution in [0.25, 0.3) is 0 Å². The Balaban J connectivity index is 1.55. The molecule has 1 atom stereocenters. The lowest BCUT2D eigenvalue weighted by Gasteiger charge is -2.21. The number of para-hydroxylation sites is 1. The number of rotatable bonds is 3. The molecule has 23 heavy (non-hydrogen) atoms. The van der Waals surface area contributed by atoms with Gasteiger partial charge in [0.25, 0.3) is 0 Å². The Kier molecular flexibility index (Phi) is 3.50. The Hall–Kier alpha value is -2.75. The van der Waals surface area contributed by atoms with Gasteiger partial charge in [-0.2, -0.15) is 0 Å². The summed E-state index contributed by atoms with van der Waals surface area (Å²) in [5.41, 5.74) is 9.15. The summed E-state index contributed by atoms with van der Waals surface area (Å²) in [6.07, 6.45) is 2.83. The quantitative estimate of drug-likeness (QED) is 0.782.